The minimum atomic E-state index is -0.165. The first-order valence-corrected chi connectivity index (χ1v) is 6.43. The fraction of sp³-hybridized carbons (Fsp3) is 0.917. The largest absolute Gasteiger partial charge is 0.449 e. The number of likely N-dealkylation sites (tertiary alicyclic amines) is 1. The molecule has 0 aromatic carbocycles. The van der Waals surface area contributed by atoms with Crippen LogP contribution in [0.4, 0.5) is 4.79 Å². The van der Waals surface area contributed by atoms with Crippen LogP contribution in [-0.4, -0.2) is 36.7 Å². The van der Waals surface area contributed by atoms with E-state index in [-0.39, 0.29) is 12.1 Å². The number of nitrogens with two attached hydrogens (primary N) is 1. The van der Waals surface area contributed by atoms with Crippen molar-refractivity contribution in [2.24, 2.45) is 11.7 Å². The Morgan fingerprint density at radius 3 is 2.69 bits per heavy atom. The van der Waals surface area contributed by atoms with E-state index in [2.05, 4.69) is 0 Å². The van der Waals surface area contributed by atoms with Crippen molar-refractivity contribution in [2.45, 2.75) is 44.6 Å². The molecule has 1 amide bonds. The molecule has 4 nitrogen and oxygen atoms in total. The lowest BCUT2D eigenvalue weighted by molar-refractivity contribution is 0.0793. The van der Waals surface area contributed by atoms with Crippen molar-refractivity contribution in [1.82, 2.24) is 4.90 Å². The van der Waals surface area contributed by atoms with Gasteiger partial charge in [-0.05, 0) is 31.6 Å². The first-order valence-electron chi connectivity index (χ1n) is 6.43. The van der Waals surface area contributed by atoms with Gasteiger partial charge in [0.25, 0.3) is 0 Å². The molecule has 0 radical (unpaired) electrons. The summed E-state index contributed by atoms with van der Waals surface area (Å²) in [5, 5.41) is 0. The second kappa shape index (κ2) is 5.53. The van der Waals surface area contributed by atoms with Crippen molar-refractivity contribution in [1.29, 1.82) is 0 Å². The zero-order chi connectivity index (χ0) is 11.4. The third-order valence-electron chi connectivity index (χ3n) is 3.63. The topological polar surface area (TPSA) is 55.6 Å². The van der Waals surface area contributed by atoms with Gasteiger partial charge in [0.1, 0.15) is 0 Å². The molecule has 16 heavy (non-hydrogen) atoms. The molecule has 2 N–H and O–H groups in total. The number of ether oxygens (including phenoxy) is 1. The Bertz CT molecular complexity index is 239. The molecule has 0 spiro atoms. The summed E-state index contributed by atoms with van der Waals surface area (Å²) in [6.45, 7) is 2.06. The van der Waals surface area contributed by atoms with E-state index in [0.717, 1.165) is 19.4 Å². The van der Waals surface area contributed by atoms with Crippen LogP contribution in [0, 0.1) is 5.92 Å². The molecule has 1 atom stereocenters. The van der Waals surface area contributed by atoms with Crippen molar-refractivity contribution in [2.75, 3.05) is 19.7 Å². The minimum absolute atomic E-state index is 0.132. The van der Waals surface area contributed by atoms with Crippen LogP contribution < -0.4 is 5.73 Å². The summed E-state index contributed by atoms with van der Waals surface area (Å²) in [7, 11) is 0. The highest BCUT2D eigenvalue weighted by Gasteiger charge is 2.23. The summed E-state index contributed by atoms with van der Waals surface area (Å²) in [5.74, 6) is 0.599. The fourth-order valence-corrected chi connectivity index (χ4v) is 2.63. The van der Waals surface area contributed by atoms with Gasteiger partial charge >= 0.3 is 6.09 Å². The molecule has 92 valence electrons. The van der Waals surface area contributed by atoms with E-state index in [1.54, 1.807) is 4.90 Å². The van der Waals surface area contributed by atoms with E-state index in [4.69, 9.17) is 10.5 Å². The molecule has 1 unspecified atom stereocenters. The van der Waals surface area contributed by atoms with E-state index in [1.165, 1.54) is 25.7 Å². The van der Waals surface area contributed by atoms with Gasteiger partial charge in [-0.3, -0.25) is 0 Å². The predicted octanol–water partition coefficient (Wildman–Crippen LogP) is 1.74. The third-order valence-corrected chi connectivity index (χ3v) is 3.63. The van der Waals surface area contributed by atoms with E-state index >= 15 is 0 Å². The quantitative estimate of drug-likeness (QED) is 0.780. The molecule has 1 saturated heterocycles. The van der Waals surface area contributed by atoms with E-state index < -0.39 is 0 Å². The summed E-state index contributed by atoms with van der Waals surface area (Å²) >= 11 is 0. The molecule has 1 aliphatic carbocycles. The Hall–Kier alpha value is -0.770. The van der Waals surface area contributed by atoms with E-state index in [9.17, 15) is 4.79 Å². The second-order valence-electron chi connectivity index (χ2n) is 5.08. The lowest BCUT2D eigenvalue weighted by Crippen LogP contribution is -2.46. The van der Waals surface area contributed by atoms with Crippen LogP contribution in [0.25, 0.3) is 0 Å². The molecular weight excluding hydrogens is 204 g/mol. The maximum atomic E-state index is 11.7. The van der Waals surface area contributed by atoms with Gasteiger partial charge in [-0.15, -0.1) is 0 Å². The lowest BCUT2D eigenvalue weighted by Gasteiger charge is -2.30. The summed E-state index contributed by atoms with van der Waals surface area (Å²) in [6, 6.07) is 0.132. The highest BCUT2D eigenvalue weighted by Crippen LogP contribution is 2.25. The van der Waals surface area contributed by atoms with Crippen LogP contribution >= 0.6 is 0 Å². The van der Waals surface area contributed by atoms with Crippen LogP contribution in [0.1, 0.15) is 38.5 Å². The maximum Gasteiger partial charge on any atom is 0.409 e. The Morgan fingerprint density at radius 2 is 2.00 bits per heavy atom. The monoisotopic (exact) mass is 226 g/mol. The van der Waals surface area contributed by atoms with Crippen LogP contribution in [0.5, 0.6) is 0 Å². The molecule has 1 saturated carbocycles. The molecule has 4 heteroatoms. The van der Waals surface area contributed by atoms with Gasteiger partial charge < -0.3 is 15.4 Å². The number of hydrogen-bond acceptors (Lipinski definition) is 3. The second-order valence-corrected chi connectivity index (χ2v) is 5.08. The van der Waals surface area contributed by atoms with Gasteiger partial charge in [0.15, 0.2) is 0 Å². The summed E-state index contributed by atoms with van der Waals surface area (Å²) in [6.07, 6.45) is 6.86. The number of nitrogens with zero attached hydrogens (tertiary/aromatic N) is 1. The van der Waals surface area contributed by atoms with Crippen molar-refractivity contribution >= 4 is 6.09 Å². The van der Waals surface area contributed by atoms with E-state index in [0.29, 0.717) is 19.1 Å². The fourth-order valence-electron chi connectivity index (χ4n) is 2.63. The average Bonchev–Trinajstić information content (AvgIpc) is 2.78. The normalized spacial score (nSPS) is 27.1. The summed E-state index contributed by atoms with van der Waals surface area (Å²) in [5.41, 5.74) is 5.83. The van der Waals surface area contributed by atoms with Crippen LogP contribution in [0.15, 0.2) is 0 Å². The average molecular weight is 226 g/mol. The van der Waals surface area contributed by atoms with Gasteiger partial charge in [-0.25, -0.2) is 4.79 Å². The van der Waals surface area contributed by atoms with Gasteiger partial charge in [0.2, 0.25) is 0 Å². The first-order chi connectivity index (χ1) is 7.75. The summed E-state index contributed by atoms with van der Waals surface area (Å²) in [4.78, 5) is 13.5. The van der Waals surface area contributed by atoms with Gasteiger partial charge in [-0.1, -0.05) is 12.8 Å². The highest BCUT2D eigenvalue weighted by molar-refractivity contribution is 5.67. The third kappa shape index (κ3) is 3.11. The molecule has 0 bridgehead atoms. The molecule has 2 fully saturated rings. The first kappa shape index (κ1) is 11.7. The minimum Gasteiger partial charge on any atom is -0.449 e. The standard InChI is InChI=1S/C12H22N2O2/c13-11-6-3-7-14(8-11)12(15)16-9-10-4-1-2-5-10/h10-11H,1-9,13H2. The molecule has 2 aliphatic rings. The van der Waals surface area contributed by atoms with Crippen LogP contribution in [0.2, 0.25) is 0 Å². The number of amides is 1. The zero-order valence-electron chi connectivity index (χ0n) is 9.86. The maximum absolute atomic E-state index is 11.7. The van der Waals surface area contributed by atoms with Crippen molar-refractivity contribution in [3.8, 4) is 0 Å². The number of rotatable bonds is 2. The SMILES string of the molecule is NC1CCCN(C(=O)OCC2CCCC2)C1. The number of piperidine rings is 1. The van der Waals surface area contributed by atoms with Crippen molar-refractivity contribution in [3.63, 3.8) is 0 Å². The van der Waals surface area contributed by atoms with Crippen molar-refractivity contribution < 1.29 is 9.53 Å². The molecule has 1 aliphatic heterocycles. The number of hydrogen-bond donors (Lipinski definition) is 1. The van der Waals surface area contributed by atoms with E-state index in [1.807, 2.05) is 0 Å². The molecule has 1 heterocycles. The van der Waals surface area contributed by atoms with Crippen LogP contribution in [0.3, 0.4) is 0 Å². The Balaban J connectivity index is 1.70. The van der Waals surface area contributed by atoms with Gasteiger partial charge in [0.05, 0.1) is 6.61 Å². The number of carbonyl (C=O) groups excluding carboxylic acids is 1. The van der Waals surface area contributed by atoms with Gasteiger partial charge in [-0.2, -0.15) is 0 Å². The Labute approximate surface area is 97.1 Å². The Kier molecular flexibility index (Phi) is 4.04. The molecular formula is C12H22N2O2. The predicted molar refractivity (Wildman–Crippen MR) is 62.1 cm³/mol. The highest BCUT2D eigenvalue weighted by atomic mass is 16.6. The van der Waals surface area contributed by atoms with Crippen molar-refractivity contribution in [3.05, 3.63) is 0 Å². The Morgan fingerprint density at radius 1 is 1.25 bits per heavy atom. The lowest BCUT2D eigenvalue weighted by atomic mass is 10.1. The summed E-state index contributed by atoms with van der Waals surface area (Å²) < 4.78 is 5.35. The van der Waals surface area contributed by atoms with Crippen LogP contribution in [-0.2, 0) is 4.74 Å². The molecule has 2 rings (SSSR count). The smallest absolute Gasteiger partial charge is 0.409 e. The number of carbonyl (C=O) groups is 1. The van der Waals surface area contributed by atoms with Gasteiger partial charge in [0, 0.05) is 19.1 Å². The molecule has 0 aromatic rings. The zero-order valence-corrected chi connectivity index (χ0v) is 9.86. The molecule has 0 aromatic heterocycles.